The van der Waals surface area contributed by atoms with Crippen LogP contribution in [0, 0.1) is 18.1 Å². The van der Waals surface area contributed by atoms with Gasteiger partial charge in [0.25, 0.3) is 0 Å². The highest BCUT2D eigenvalue weighted by atomic mass is 16.1. The SMILES string of the molecule is NC(=O)C(c1c#cccc1)(c1ccccc1)[C@@H]1CCNC1. The van der Waals surface area contributed by atoms with Gasteiger partial charge in [-0.2, -0.15) is 0 Å². The van der Waals surface area contributed by atoms with Crippen LogP contribution >= 0.6 is 0 Å². The molecule has 1 amide bonds. The van der Waals surface area contributed by atoms with Crippen LogP contribution in [0.1, 0.15) is 17.5 Å². The lowest BCUT2D eigenvalue weighted by atomic mass is 9.65. The number of hydrogen-bond acceptors (Lipinski definition) is 2. The number of carbonyl (C=O) groups is 1. The molecule has 106 valence electrons. The van der Waals surface area contributed by atoms with Crippen LogP contribution in [-0.2, 0) is 10.2 Å². The van der Waals surface area contributed by atoms with Gasteiger partial charge < -0.3 is 11.1 Å². The lowest BCUT2D eigenvalue weighted by Gasteiger charge is -2.36. The molecule has 21 heavy (non-hydrogen) atoms. The highest BCUT2D eigenvalue weighted by Crippen LogP contribution is 2.41. The maximum absolute atomic E-state index is 12.6. The molecule has 1 unspecified atom stereocenters. The summed E-state index contributed by atoms with van der Waals surface area (Å²) in [6, 6.07) is 21.5. The van der Waals surface area contributed by atoms with Crippen LogP contribution in [0.3, 0.4) is 0 Å². The van der Waals surface area contributed by atoms with Gasteiger partial charge in [0.15, 0.2) is 0 Å². The summed E-state index contributed by atoms with van der Waals surface area (Å²) >= 11 is 0. The fraction of sp³-hybridized carbons (Fsp3) is 0.278. The van der Waals surface area contributed by atoms with Gasteiger partial charge in [-0.25, -0.2) is 0 Å². The van der Waals surface area contributed by atoms with Crippen molar-refractivity contribution in [3.63, 3.8) is 0 Å². The van der Waals surface area contributed by atoms with Gasteiger partial charge in [0.2, 0.25) is 5.91 Å². The van der Waals surface area contributed by atoms with Gasteiger partial charge in [-0.3, -0.25) is 4.79 Å². The fourth-order valence-electron chi connectivity index (χ4n) is 3.40. The largest absolute Gasteiger partial charge is 0.369 e. The summed E-state index contributed by atoms with van der Waals surface area (Å²) < 4.78 is 0. The highest BCUT2D eigenvalue weighted by molar-refractivity contribution is 5.91. The summed E-state index contributed by atoms with van der Waals surface area (Å²) in [5.74, 6) is -0.192. The molecule has 0 radical (unpaired) electrons. The van der Waals surface area contributed by atoms with E-state index in [1.165, 1.54) is 0 Å². The number of nitrogens with two attached hydrogens (primary N) is 1. The first kappa shape index (κ1) is 13.7. The number of benzene rings is 1. The first-order valence-corrected chi connectivity index (χ1v) is 7.21. The van der Waals surface area contributed by atoms with E-state index in [0.717, 1.165) is 30.6 Å². The van der Waals surface area contributed by atoms with Crippen LogP contribution in [0.4, 0.5) is 0 Å². The van der Waals surface area contributed by atoms with Crippen molar-refractivity contribution in [3.05, 3.63) is 71.8 Å². The third-order valence-electron chi connectivity index (χ3n) is 4.36. The van der Waals surface area contributed by atoms with Crippen LogP contribution in [-0.4, -0.2) is 19.0 Å². The van der Waals surface area contributed by atoms with Crippen LogP contribution in [0.15, 0.2) is 48.5 Å². The minimum Gasteiger partial charge on any atom is -0.369 e. The van der Waals surface area contributed by atoms with Gasteiger partial charge in [-0.1, -0.05) is 48.5 Å². The van der Waals surface area contributed by atoms with Gasteiger partial charge in [-0.05, 0) is 43.1 Å². The van der Waals surface area contributed by atoms with E-state index in [0.29, 0.717) is 0 Å². The summed E-state index contributed by atoms with van der Waals surface area (Å²) in [7, 11) is 0. The Balaban J connectivity index is 2.24. The molecule has 1 fully saturated rings. The molecular weight excluding hydrogens is 260 g/mol. The molecule has 0 spiro atoms. The molecule has 0 aromatic heterocycles. The molecule has 0 bridgehead atoms. The Morgan fingerprint density at radius 2 is 2.05 bits per heavy atom. The molecule has 1 aliphatic heterocycles. The van der Waals surface area contributed by atoms with Crippen molar-refractivity contribution in [3.8, 4) is 0 Å². The molecule has 3 nitrogen and oxygen atoms in total. The number of primary amides is 1. The molecule has 2 aromatic carbocycles. The lowest BCUT2D eigenvalue weighted by molar-refractivity contribution is -0.123. The molecule has 2 aromatic rings. The number of amides is 1. The number of hydrogen-bond donors (Lipinski definition) is 2. The lowest BCUT2D eigenvalue weighted by Crippen LogP contribution is -2.49. The molecular formula is C18H18N2O. The van der Waals surface area contributed by atoms with E-state index >= 15 is 0 Å². The quantitative estimate of drug-likeness (QED) is 0.894. The predicted octanol–water partition coefficient (Wildman–Crippen LogP) is 1.67. The second-order valence-corrected chi connectivity index (χ2v) is 5.44. The Hall–Kier alpha value is -2.31. The van der Waals surface area contributed by atoms with E-state index in [9.17, 15) is 4.79 Å². The van der Waals surface area contributed by atoms with Gasteiger partial charge in [0, 0.05) is 5.56 Å². The van der Waals surface area contributed by atoms with Crippen LogP contribution in [0.5, 0.6) is 0 Å². The zero-order valence-corrected chi connectivity index (χ0v) is 11.8. The molecule has 1 saturated heterocycles. The summed E-state index contributed by atoms with van der Waals surface area (Å²) in [4.78, 5) is 12.6. The maximum atomic E-state index is 12.6. The minimum absolute atomic E-state index is 0.129. The van der Waals surface area contributed by atoms with E-state index in [1.807, 2.05) is 42.5 Å². The van der Waals surface area contributed by atoms with Gasteiger partial charge >= 0.3 is 0 Å². The molecule has 0 saturated carbocycles. The summed E-state index contributed by atoms with van der Waals surface area (Å²) in [6.07, 6.45) is 0.917. The van der Waals surface area contributed by atoms with Gasteiger partial charge in [0.05, 0.1) is 0 Å². The minimum atomic E-state index is -0.845. The first-order chi connectivity index (χ1) is 10.3. The van der Waals surface area contributed by atoms with Crippen molar-refractivity contribution >= 4 is 5.91 Å². The van der Waals surface area contributed by atoms with Crippen molar-refractivity contribution in [2.75, 3.05) is 13.1 Å². The average Bonchev–Trinajstić information content (AvgIpc) is 3.04. The summed E-state index contributed by atoms with van der Waals surface area (Å²) in [5.41, 5.74) is 6.81. The zero-order valence-electron chi connectivity index (χ0n) is 11.8. The molecule has 2 atom stereocenters. The Morgan fingerprint density at radius 1 is 1.24 bits per heavy atom. The second kappa shape index (κ2) is 5.59. The monoisotopic (exact) mass is 278 g/mol. The predicted molar refractivity (Wildman–Crippen MR) is 81.5 cm³/mol. The Labute approximate surface area is 125 Å². The third kappa shape index (κ3) is 2.18. The molecule has 3 rings (SSSR count). The molecule has 0 aliphatic carbocycles. The van der Waals surface area contributed by atoms with Gasteiger partial charge in [-0.15, -0.1) is 0 Å². The Kier molecular flexibility index (Phi) is 3.64. The smallest absolute Gasteiger partial charge is 0.233 e. The van der Waals surface area contributed by atoms with Gasteiger partial charge in [0.1, 0.15) is 5.41 Å². The van der Waals surface area contributed by atoms with E-state index < -0.39 is 5.41 Å². The average molecular weight is 278 g/mol. The number of carbonyl (C=O) groups excluding carboxylic acids is 1. The zero-order chi connectivity index (χ0) is 14.7. The van der Waals surface area contributed by atoms with Crippen LogP contribution in [0.25, 0.3) is 0 Å². The van der Waals surface area contributed by atoms with E-state index in [1.54, 1.807) is 6.07 Å². The third-order valence-corrected chi connectivity index (χ3v) is 4.36. The van der Waals surface area contributed by atoms with Crippen molar-refractivity contribution in [2.24, 2.45) is 11.7 Å². The molecule has 1 heterocycles. The topological polar surface area (TPSA) is 55.1 Å². The van der Waals surface area contributed by atoms with Crippen molar-refractivity contribution in [1.29, 1.82) is 0 Å². The van der Waals surface area contributed by atoms with E-state index in [4.69, 9.17) is 5.73 Å². The normalized spacial score (nSPS) is 18.2. The van der Waals surface area contributed by atoms with Crippen LogP contribution in [0.2, 0.25) is 0 Å². The van der Waals surface area contributed by atoms with E-state index in [2.05, 4.69) is 17.4 Å². The maximum Gasteiger partial charge on any atom is 0.233 e. The molecule has 3 heteroatoms. The Bertz CT molecular complexity index is 564. The van der Waals surface area contributed by atoms with Crippen LogP contribution < -0.4 is 11.1 Å². The van der Waals surface area contributed by atoms with E-state index in [-0.39, 0.29) is 11.8 Å². The van der Waals surface area contributed by atoms with Crippen molar-refractivity contribution < 1.29 is 4.79 Å². The second-order valence-electron chi connectivity index (χ2n) is 5.44. The number of rotatable bonds is 4. The fourth-order valence-corrected chi connectivity index (χ4v) is 3.40. The Morgan fingerprint density at radius 3 is 2.62 bits per heavy atom. The standard InChI is InChI=1S/C18H18N2O/c19-17(21)18(16-11-12-20-13-16,14-7-3-1-4-8-14)15-9-5-2-6-10-15/h1-5,7-9,16,20H,11-13H2,(H2,19,21)/t16-,18?/m1/s1. The highest BCUT2D eigenvalue weighted by Gasteiger charge is 2.48. The first-order valence-electron chi connectivity index (χ1n) is 7.21. The molecule has 3 N–H and O–H groups in total. The number of nitrogens with one attached hydrogen (secondary N) is 1. The van der Waals surface area contributed by atoms with Crippen molar-refractivity contribution in [1.82, 2.24) is 5.32 Å². The molecule has 1 aliphatic rings. The van der Waals surface area contributed by atoms with Crippen molar-refractivity contribution in [2.45, 2.75) is 11.8 Å². The summed E-state index contributed by atoms with van der Waals surface area (Å²) in [5, 5.41) is 3.34. The summed E-state index contributed by atoms with van der Waals surface area (Å²) in [6.45, 7) is 1.68.